The third-order valence-electron chi connectivity index (χ3n) is 3.43. The van der Waals surface area contributed by atoms with Crippen molar-refractivity contribution in [3.05, 3.63) is 58.3 Å². The molecule has 2 aromatic carbocycles. The fourth-order valence-electron chi connectivity index (χ4n) is 2.15. The molecule has 2 aromatic rings. The number of ether oxygens (including phenoxy) is 1. The van der Waals surface area contributed by atoms with Gasteiger partial charge < -0.3 is 15.0 Å². The molecule has 0 aromatic heterocycles. The molecular weight excluding hydrogens is 382 g/mol. The van der Waals surface area contributed by atoms with Gasteiger partial charge in [0, 0.05) is 12.7 Å². The average Bonchev–Trinajstić information content (AvgIpc) is 2.59. The number of anilines is 1. The minimum atomic E-state index is -0.830. The fraction of sp³-hybridized carbons (Fsp3) is 0.222. The van der Waals surface area contributed by atoms with E-state index in [1.165, 1.54) is 42.3 Å². The highest BCUT2D eigenvalue weighted by Gasteiger charge is 2.21. The molecule has 138 valence electrons. The van der Waals surface area contributed by atoms with Crippen LogP contribution in [-0.2, 0) is 9.59 Å². The summed E-state index contributed by atoms with van der Waals surface area (Å²) in [5.74, 6) is -0.819. The zero-order valence-corrected chi connectivity index (χ0v) is 15.6. The van der Waals surface area contributed by atoms with Crippen LogP contribution in [0.5, 0.6) is 5.75 Å². The Hall–Kier alpha value is -2.31. The summed E-state index contributed by atoms with van der Waals surface area (Å²) >= 11 is 11.7. The zero-order valence-electron chi connectivity index (χ0n) is 14.1. The Kier molecular flexibility index (Phi) is 6.83. The molecule has 26 heavy (non-hydrogen) atoms. The lowest BCUT2D eigenvalue weighted by Crippen LogP contribution is -2.41. The molecule has 0 spiro atoms. The van der Waals surface area contributed by atoms with Crippen LogP contribution in [0.1, 0.15) is 6.92 Å². The van der Waals surface area contributed by atoms with Crippen LogP contribution >= 0.6 is 23.2 Å². The van der Waals surface area contributed by atoms with Crippen molar-refractivity contribution in [1.82, 2.24) is 4.90 Å². The molecular formula is C18H17Cl2FN2O3. The molecule has 5 nitrogen and oxygen atoms in total. The summed E-state index contributed by atoms with van der Waals surface area (Å²) in [6, 6.07) is 10.0. The molecule has 1 atom stereocenters. The zero-order chi connectivity index (χ0) is 19.3. The van der Waals surface area contributed by atoms with Crippen molar-refractivity contribution in [2.45, 2.75) is 13.0 Å². The molecule has 0 saturated heterocycles. The summed E-state index contributed by atoms with van der Waals surface area (Å²) in [6.07, 6.45) is -0.830. The summed E-state index contributed by atoms with van der Waals surface area (Å²) in [7, 11) is 1.49. The summed E-state index contributed by atoms with van der Waals surface area (Å²) in [5, 5.41) is 3.33. The maximum atomic E-state index is 12.9. The summed E-state index contributed by atoms with van der Waals surface area (Å²) in [6.45, 7) is 1.38. The third kappa shape index (κ3) is 5.61. The number of carbonyl (C=O) groups is 2. The number of benzene rings is 2. The van der Waals surface area contributed by atoms with Crippen LogP contribution in [0, 0.1) is 5.82 Å². The molecule has 0 aliphatic rings. The average molecular weight is 399 g/mol. The predicted octanol–water partition coefficient (Wildman–Crippen LogP) is 4.00. The molecule has 8 heteroatoms. The van der Waals surface area contributed by atoms with Gasteiger partial charge in [-0.3, -0.25) is 9.59 Å². The second-order valence-electron chi connectivity index (χ2n) is 5.59. The first-order chi connectivity index (χ1) is 12.3. The van der Waals surface area contributed by atoms with Gasteiger partial charge in [-0.25, -0.2) is 4.39 Å². The van der Waals surface area contributed by atoms with Crippen molar-refractivity contribution in [3.63, 3.8) is 0 Å². The highest BCUT2D eigenvalue weighted by atomic mass is 35.5. The Morgan fingerprint density at radius 1 is 1.15 bits per heavy atom. The Bertz CT molecular complexity index is 800. The van der Waals surface area contributed by atoms with E-state index in [-0.39, 0.29) is 6.54 Å². The van der Waals surface area contributed by atoms with Gasteiger partial charge in [-0.05, 0) is 49.4 Å². The van der Waals surface area contributed by atoms with Gasteiger partial charge in [-0.1, -0.05) is 23.2 Å². The monoisotopic (exact) mass is 398 g/mol. The molecule has 0 radical (unpaired) electrons. The topological polar surface area (TPSA) is 58.6 Å². The smallest absolute Gasteiger partial charge is 0.263 e. The van der Waals surface area contributed by atoms with E-state index < -0.39 is 23.7 Å². The first-order valence-electron chi connectivity index (χ1n) is 7.68. The van der Waals surface area contributed by atoms with Crippen LogP contribution in [0.2, 0.25) is 10.0 Å². The normalized spacial score (nSPS) is 11.6. The van der Waals surface area contributed by atoms with E-state index in [1.807, 2.05) is 0 Å². The summed E-state index contributed by atoms with van der Waals surface area (Å²) in [4.78, 5) is 25.6. The molecule has 0 aliphatic heterocycles. The molecule has 0 fully saturated rings. The molecule has 0 aliphatic carbocycles. The predicted molar refractivity (Wildman–Crippen MR) is 99.2 cm³/mol. The van der Waals surface area contributed by atoms with Gasteiger partial charge in [0.05, 0.1) is 16.6 Å². The lowest BCUT2D eigenvalue weighted by atomic mass is 10.3. The van der Waals surface area contributed by atoms with Crippen LogP contribution in [-0.4, -0.2) is 36.4 Å². The number of nitrogens with zero attached hydrogens (tertiary/aromatic N) is 1. The van der Waals surface area contributed by atoms with Crippen LogP contribution in [0.3, 0.4) is 0 Å². The van der Waals surface area contributed by atoms with Crippen molar-refractivity contribution in [2.75, 3.05) is 18.9 Å². The second kappa shape index (κ2) is 8.87. The number of likely N-dealkylation sites (N-methyl/N-ethyl adjacent to an activating group) is 1. The minimum Gasteiger partial charge on any atom is -0.481 e. The van der Waals surface area contributed by atoms with E-state index in [0.717, 1.165) is 0 Å². The lowest BCUT2D eigenvalue weighted by molar-refractivity contribution is -0.139. The maximum absolute atomic E-state index is 12.9. The fourth-order valence-corrected chi connectivity index (χ4v) is 2.44. The van der Waals surface area contributed by atoms with Gasteiger partial charge in [0.15, 0.2) is 6.10 Å². The molecule has 0 saturated carbocycles. The standard InChI is InChI=1S/C18H17Cl2FN2O3/c1-11(26-14-6-3-12(21)4-7-14)18(25)23(2)10-17(24)22-13-5-8-15(19)16(20)9-13/h3-9,11H,10H2,1-2H3,(H,22,24). The number of carbonyl (C=O) groups excluding carboxylic acids is 2. The summed E-state index contributed by atoms with van der Waals surface area (Å²) in [5.41, 5.74) is 0.473. The first-order valence-corrected chi connectivity index (χ1v) is 8.44. The van der Waals surface area contributed by atoms with E-state index >= 15 is 0 Å². The number of hydrogen-bond donors (Lipinski definition) is 1. The second-order valence-corrected chi connectivity index (χ2v) is 6.40. The van der Waals surface area contributed by atoms with E-state index in [9.17, 15) is 14.0 Å². The van der Waals surface area contributed by atoms with Crippen LogP contribution in [0.25, 0.3) is 0 Å². The molecule has 0 bridgehead atoms. The van der Waals surface area contributed by atoms with Gasteiger partial charge in [0.1, 0.15) is 11.6 Å². The van der Waals surface area contributed by atoms with E-state index in [1.54, 1.807) is 19.1 Å². The van der Waals surface area contributed by atoms with Gasteiger partial charge in [-0.15, -0.1) is 0 Å². The van der Waals surface area contributed by atoms with Crippen LogP contribution < -0.4 is 10.1 Å². The Labute approximate surface area is 160 Å². The van der Waals surface area contributed by atoms with Crippen molar-refractivity contribution in [1.29, 1.82) is 0 Å². The molecule has 1 N–H and O–H groups in total. The maximum Gasteiger partial charge on any atom is 0.263 e. The number of rotatable bonds is 6. The van der Waals surface area contributed by atoms with Gasteiger partial charge >= 0.3 is 0 Å². The number of nitrogens with one attached hydrogen (secondary N) is 1. The third-order valence-corrected chi connectivity index (χ3v) is 4.17. The van der Waals surface area contributed by atoms with E-state index in [0.29, 0.717) is 21.5 Å². The Morgan fingerprint density at radius 3 is 2.42 bits per heavy atom. The highest BCUT2D eigenvalue weighted by molar-refractivity contribution is 6.42. The van der Waals surface area contributed by atoms with Gasteiger partial charge in [-0.2, -0.15) is 0 Å². The SMILES string of the molecule is CC(Oc1ccc(F)cc1)C(=O)N(C)CC(=O)Nc1ccc(Cl)c(Cl)c1. The Morgan fingerprint density at radius 2 is 1.81 bits per heavy atom. The number of hydrogen-bond acceptors (Lipinski definition) is 3. The largest absolute Gasteiger partial charge is 0.481 e. The Balaban J connectivity index is 1.89. The molecule has 0 heterocycles. The highest BCUT2D eigenvalue weighted by Crippen LogP contribution is 2.25. The molecule has 1 unspecified atom stereocenters. The summed E-state index contributed by atoms with van der Waals surface area (Å²) < 4.78 is 18.3. The van der Waals surface area contributed by atoms with Crippen LogP contribution in [0.15, 0.2) is 42.5 Å². The van der Waals surface area contributed by atoms with Crippen molar-refractivity contribution in [2.24, 2.45) is 0 Å². The van der Waals surface area contributed by atoms with E-state index in [4.69, 9.17) is 27.9 Å². The molecule has 2 rings (SSSR count). The minimum absolute atomic E-state index is 0.170. The van der Waals surface area contributed by atoms with E-state index in [2.05, 4.69) is 5.32 Å². The van der Waals surface area contributed by atoms with Crippen molar-refractivity contribution >= 4 is 40.7 Å². The lowest BCUT2D eigenvalue weighted by Gasteiger charge is -2.21. The van der Waals surface area contributed by atoms with Gasteiger partial charge in [0.2, 0.25) is 5.91 Å². The quantitative estimate of drug-likeness (QED) is 0.799. The van der Waals surface area contributed by atoms with Gasteiger partial charge in [0.25, 0.3) is 5.91 Å². The molecule has 2 amide bonds. The van der Waals surface area contributed by atoms with Crippen molar-refractivity contribution < 1.29 is 18.7 Å². The number of halogens is 3. The van der Waals surface area contributed by atoms with Crippen LogP contribution in [0.4, 0.5) is 10.1 Å². The first kappa shape index (κ1) is 20.0. The number of amides is 2. The van der Waals surface area contributed by atoms with Crippen molar-refractivity contribution in [3.8, 4) is 5.75 Å².